The van der Waals surface area contributed by atoms with Gasteiger partial charge in [-0.3, -0.25) is 9.36 Å². The van der Waals surface area contributed by atoms with Gasteiger partial charge in [0.25, 0.3) is 0 Å². The number of unbranched alkanes of at least 4 members (excludes halogenated alkanes) is 1. The first kappa shape index (κ1) is 22.6. The van der Waals surface area contributed by atoms with Gasteiger partial charge in [-0.1, -0.05) is 40.2 Å². The Labute approximate surface area is 182 Å². The van der Waals surface area contributed by atoms with Gasteiger partial charge in [-0.2, -0.15) is 11.8 Å². The number of carbonyl (C=O) groups excluding carboxylic acids is 2. The third-order valence-electron chi connectivity index (χ3n) is 5.11. The number of amides is 3. The number of hydrogen-bond donors (Lipinski definition) is 4. The molecule has 0 aromatic heterocycles. The molecule has 3 amide bonds. The molecule has 2 heterocycles. The summed E-state index contributed by atoms with van der Waals surface area (Å²) in [7, 11) is -4.24. The van der Waals surface area contributed by atoms with E-state index in [4.69, 9.17) is 0 Å². The average Bonchev–Trinajstić information content (AvgIpc) is 3.24. The van der Waals surface area contributed by atoms with Crippen molar-refractivity contribution in [3.8, 4) is 0 Å². The third kappa shape index (κ3) is 5.98. The topological polar surface area (TPSA) is 119 Å². The molecule has 8 nitrogen and oxygen atoms in total. The molecule has 0 spiro atoms. The predicted octanol–water partition coefficient (Wildman–Crippen LogP) is 2.55. The smallest absolute Gasteiger partial charge is 0.343 e. The van der Waals surface area contributed by atoms with Crippen LogP contribution in [0.2, 0.25) is 0 Å². The Kier molecular flexibility index (Phi) is 7.67. The van der Waals surface area contributed by atoms with E-state index in [1.54, 1.807) is 24.3 Å². The molecule has 0 aliphatic carbocycles. The highest BCUT2D eigenvalue weighted by Gasteiger charge is 2.42. The summed E-state index contributed by atoms with van der Waals surface area (Å²) in [5.74, 6) is 1.90. The van der Waals surface area contributed by atoms with E-state index in [1.807, 2.05) is 16.7 Å². The molecular weight excluding hydrogens is 481 g/mol. The van der Waals surface area contributed by atoms with E-state index < -0.39 is 12.2 Å². The molecule has 4 N–H and O–H groups in total. The van der Waals surface area contributed by atoms with E-state index in [0.717, 1.165) is 23.5 Å². The van der Waals surface area contributed by atoms with Crippen molar-refractivity contribution >= 4 is 47.2 Å². The summed E-state index contributed by atoms with van der Waals surface area (Å²) >= 11 is 4.87. The van der Waals surface area contributed by atoms with Gasteiger partial charge in [-0.05, 0) is 24.0 Å². The molecule has 2 aliphatic rings. The van der Waals surface area contributed by atoms with Crippen LogP contribution in [0.4, 0.5) is 4.79 Å². The maximum Gasteiger partial charge on any atom is 0.343 e. The van der Waals surface area contributed by atoms with Crippen molar-refractivity contribution in [1.29, 1.82) is 0 Å². The number of thioether (sulfide) groups is 1. The first-order chi connectivity index (χ1) is 13.8. The fraction of sp³-hybridized carbons (Fsp3) is 0.556. The van der Waals surface area contributed by atoms with E-state index in [1.165, 1.54) is 0 Å². The number of nitrogens with zero attached hydrogens (tertiary/aromatic N) is 1. The van der Waals surface area contributed by atoms with Crippen molar-refractivity contribution in [1.82, 2.24) is 15.5 Å². The number of urea groups is 1. The van der Waals surface area contributed by atoms with E-state index in [2.05, 4.69) is 26.6 Å². The number of benzene rings is 1. The molecule has 1 aromatic carbocycles. The van der Waals surface area contributed by atoms with Gasteiger partial charge in [-0.15, -0.1) is 0 Å². The van der Waals surface area contributed by atoms with Gasteiger partial charge in [0.1, 0.15) is 4.57 Å². The minimum absolute atomic E-state index is 0.0117. The summed E-state index contributed by atoms with van der Waals surface area (Å²) in [6, 6.07) is 7.31. The highest BCUT2D eigenvalue weighted by Crippen LogP contribution is 2.55. The Morgan fingerprint density at radius 2 is 2.03 bits per heavy atom. The van der Waals surface area contributed by atoms with Crippen LogP contribution in [0.25, 0.3) is 0 Å². The van der Waals surface area contributed by atoms with Crippen molar-refractivity contribution < 1.29 is 23.9 Å². The molecule has 2 aliphatic heterocycles. The summed E-state index contributed by atoms with van der Waals surface area (Å²) in [6.45, 7) is 1.03. The fourth-order valence-corrected chi connectivity index (χ4v) is 5.71. The van der Waals surface area contributed by atoms with Gasteiger partial charge in [-0.25, -0.2) is 4.79 Å². The van der Waals surface area contributed by atoms with Crippen molar-refractivity contribution in [3.05, 3.63) is 35.4 Å². The number of alkyl halides is 1. The van der Waals surface area contributed by atoms with Gasteiger partial charge in [0.2, 0.25) is 5.91 Å². The molecule has 1 aromatic rings. The molecule has 3 atom stereocenters. The van der Waals surface area contributed by atoms with Gasteiger partial charge >= 0.3 is 13.6 Å². The first-order valence-corrected chi connectivity index (χ1v) is 13.2. The summed E-state index contributed by atoms with van der Waals surface area (Å²) < 4.78 is 10.2. The SMILES string of the molecule is O=C(CCCCN1C(=O)N[C@@H]2CSC[C@@H]21)NCc1ccc(C(Br)P(=O)(O)O)cc1. The Bertz CT molecular complexity index is 790. The number of fused-ring (bicyclic) bond motifs is 1. The predicted molar refractivity (Wildman–Crippen MR) is 116 cm³/mol. The maximum atomic E-state index is 12.0. The van der Waals surface area contributed by atoms with Gasteiger partial charge in [0, 0.05) is 31.0 Å². The molecule has 2 saturated heterocycles. The lowest BCUT2D eigenvalue weighted by molar-refractivity contribution is -0.121. The van der Waals surface area contributed by atoms with Crippen molar-refractivity contribution in [2.24, 2.45) is 0 Å². The van der Waals surface area contributed by atoms with Crippen LogP contribution in [0.1, 0.15) is 35.0 Å². The fourth-order valence-electron chi connectivity index (χ4n) is 3.49. The van der Waals surface area contributed by atoms with Gasteiger partial charge in [0.15, 0.2) is 0 Å². The zero-order chi connectivity index (χ0) is 21.0. The average molecular weight is 506 g/mol. The minimum atomic E-state index is -4.24. The van der Waals surface area contributed by atoms with Crippen LogP contribution in [0.5, 0.6) is 0 Å². The van der Waals surface area contributed by atoms with Crippen molar-refractivity contribution in [2.45, 2.75) is 42.5 Å². The van der Waals surface area contributed by atoms with E-state index in [0.29, 0.717) is 31.5 Å². The molecule has 0 saturated carbocycles. The molecule has 1 unspecified atom stereocenters. The Morgan fingerprint density at radius 3 is 2.72 bits per heavy atom. The normalized spacial score (nSPS) is 22.3. The number of halogens is 1. The van der Waals surface area contributed by atoms with Crippen molar-refractivity contribution in [3.63, 3.8) is 0 Å². The molecule has 0 radical (unpaired) electrons. The number of rotatable bonds is 9. The Balaban J connectivity index is 1.35. The molecular formula is C18H25BrN3O5PS. The van der Waals surface area contributed by atoms with Crippen LogP contribution in [0.3, 0.4) is 0 Å². The van der Waals surface area contributed by atoms with Gasteiger partial charge < -0.3 is 25.3 Å². The van der Waals surface area contributed by atoms with Gasteiger partial charge in [0.05, 0.1) is 12.1 Å². The second-order valence-electron chi connectivity index (χ2n) is 7.25. The maximum absolute atomic E-state index is 12.0. The lowest BCUT2D eigenvalue weighted by Crippen LogP contribution is -2.36. The summed E-state index contributed by atoms with van der Waals surface area (Å²) in [5.41, 5.74) is 1.34. The lowest BCUT2D eigenvalue weighted by Gasteiger charge is -2.21. The van der Waals surface area contributed by atoms with E-state index in [9.17, 15) is 23.9 Å². The Hall–Kier alpha value is -1.06. The quantitative estimate of drug-likeness (QED) is 0.177. The van der Waals surface area contributed by atoms with Crippen LogP contribution < -0.4 is 10.6 Å². The highest BCUT2D eigenvalue weighted by atomic mass is 79.9. The monoisotopic (exact) mass is 505 g/mol. The van der Waals surface area contributed by atoms with Crippen LogP contribution in [0.15, 0.2) is 24.3 Å². The van der Waals surface area contributed by atoms with E-state index in [-0.39, 0.29) is 24.0 Å². The third-order valence-corrected chi connectivity index (χ3v) is 9.30. The number of nitrogens with one attached hydrogen (secondary N) is 2. The first-order valence-electron chi connectivity index (χ1n) is 9.45. The van der Waals surface area contributed by atoms with E-state index >= 15 is 0 Å². The zero-order valence-electron chi connectivity index (χ0n) is 15.8. The second kappa shape index (κ2) is 9.83. The van der Waals surface area contributed by atoms with Crippen molar-refractivity contribution in [2.75, 3.05) is 18.1 Å². The largest absolute Gasteiger partial charge is 0.352 e. The van der Waals surface area contributed by atoms with Crippen LogP contribution in [0, 0.1) is 0 Å². The zero-order valence-corrected chi connectivity index (χ0v) is 19.1. The Morgan fingerprint density at radius 1 is 1.31 bits per heavy atom. The molecule has 3 rings (SSSR count). The molecule has 2 fully saturated rings. The standard InChI is InChI=1S/C18H25BrN3O5PS/c19-17(28(25,26)27)13-6-4-12(5-7-13)9-20-16(23)3-1-2-8-22-15-11-29-10-14(15)21-18(22)24/h4-7,14-15,17H,1-3,8-11H2,(H,20,23)(H,21,24)(H2,25,26,27)/t14-,15+,17?/m1/s1. The summed E-state index contributed by atoms with van der Waals surface area (Å²) in [6.07, 6.45) is 1.91. The highest BCUT2D eigenvalue weighted by molar-refractivity contribution is 9.10. The minimum Gasteiger partial charge on any atom is -0.352 e. The molecule has 160 valence electrons. The van der Waals surface area contributed by atoms with Crippen LogP contribution in [-0.2, 0) is 15.9 Å². The summed E-state index contributed by atoms with van der Waals surface area (Å²) in [4.78, 5) is 44.3. The second-order valence-corrected chi connectivity index (χ2v) is 11.6. The molecule has 29 heavy (non-hydrogen) atoms. The summed E-state index contributed by atoms with van der Waals surface area (Å²) in [5, 5.41) is 5.87. The lowest BCUT2D eigenvalue weighted by atomic mass is 10.1. The van der Waals surface area contributed by atoms with Crippen LogP contribution in [-0.4, -0.2) is 56.8 Å². The number of hydrogen-bond acceptors (Lipinski definition) is 4. The number of carbonyl (C=O) groups is 2. The van der Waals surface area contributed by atoms with Crippen LogP contribution >= 0.6 is 35.3 Å². The molecule has 11 heteroatoms. The molecule has 0 bridgehead atoms.